The number of hydrogen-bond acceptors (Lipinski definition) is 4. The lowest BCUT2D eigenvalue weighted by molar-refractivity contribution is 0.153. The summed E-state index contributed by atoms with van der Waals surface area (Å²) in [5, 5.41) is 16.0. The van der Waals surface area contributed by atoms with Crippen LogP contribution in [0.1, 0.15) is 29.8 Å². The fourth-order valence-electron chi connectivity index (χ4n) is 3.69. The third kappa shape index (κ3) is 4.59. The number of pyridine rings is 1. The largest absolute Gasteiger partial charge is 0.369 e. The highest BCUT2D eigenvalue weighted by Gasteiger charge is 2.29. The van der Waals surface area contributed by atoms with E-state index >= 15 is 0 Å². The second kappa shape index (κ2) is 9.38. The van der Waals surface area contributed by atoms with Gasteiger partial charge in [0.15, 0.2) is 6.23 Å². The minimum absolute atomic E-state index is 0.0707. The first-order valence-corrected chi connectivity index (χ1v) is 10.5. The smallest absolute Gasteiger partial charge is 0.322 e. The lowest BCUT2D eigenvalue weighted by Crippen LogP contribution is -2.42. The maximum atomic E-state index is 13.5. The number of benzene rings is 2. The van der Waals surface area contributed by atoms with Gasteiger partial charge in [0.25, 0.3) is 0 Å². The second-order valence-electron chi connectivity index (χ2n) is 7.47. The second-order valence-corrected chi connectivity index (χ2v) is 7.88. The minimum atomic E-state index is -0.814. The van der Waals surface area contributed by atoms with Gasteiger partial charge < -0.3 is 20.6 Å². The van der Waals surface area contributed by atoms with Crippen LogP contribution in [0.4, 0.5) is 14.9 Å². The molecular weight excluding hydrogens is 431 g/mol. The van der Waals surface area contributed by atoms with E-state index in [1.807, 2.05) is 43.3 Å². The molecule has 32 heavy (non-hydrogen) atoms. The van der Waals surface area contributed by atoms with Crippen molar-refractivity contribution in [2.24, 2.45) is 0 Å². The molecule has 6 nitrogen and oxygen atoms in total. The van der Waals surface area contributed by atoms with E-state index in [0.29, 0.717) is 12.2 Å². The van der Waals surface area contributed by atoms with Crippen LogP contribution in [0.25, 0.3) is 5.57 Å². The van der Waals surface area contributed by atoms with Crippen LogP contribution < -0.4 is 10.6 Å². The number of fused-ring (bicyclic) bond motifs is 1. The normalized spacial score (nSPS) is 15.8. The molecule has 0 spiro atoms. The Balaban J connectivity index is 1.66. The van der Waals surface area contributed by atoms with E-state index in [1.165, 1.54) is 18.2 Å². The summed E-state index contributed by atoms with van der Waals surface area (Å²) in [4.78, 5) is 19.0. The molecule has 0 saturated carbocycles. The third-order valence-corrected chi connectivity index (χ3v) is 5.70. The molecule has 0 saturated heterocycles. The summed E-state index contributed by atoms with van der Waals surface area (Å²) in [6.07, 6.45) is 4.26. The van der Waals surface area contributed by atoms with Crippen LogP contribution in [0.15, 0.2) is 73.2 Å². The molecule has 2 atom stereocenters. The average molecular weight is 453 g/mol. The standard InChI is InChI=1S/C24H22ClFN4O2/c1-15(20-13-28-23(31)19-5-3-2-4-18(19)20)30(14-16-8-10-27-11-9-16)24(32)29-17-6-7-22(26)21(25)12-17/h2-13,15,23,28,31H,14H2,1H3,(H,29,32). The van der Waals surface area contributed by atoms with Crippen LogP contribution in [0.5, 0.6) is 0 Å². The number of aliphatic hydroxyl groups excluding tert-OH is 1. The average Bonchev–Trinajstić information content (AvgIpc) is 2.80. The number of carbonyl (C=O) groups excluding carboxylic acids is 1. The van der Waals surface area contributed by atoms with Crippen LogP contribution in [-0.2, 0) is 6.54 Å². The summed E-state index contributed by atoms with van der Waals surface area (Å²) in [6.45, 7) is 2.23. The van der Waals surface area contributed by atoms with Gasteiger partial charge in [0.05, 0.1) is 11.1 Å². The molecule has 1 aromatic heterocycles. The lowest BCUT2D eigenvalue weighted by Gasteiger charge is -2.34. The Morgan fingerprint density at radius 3 is 2.75 bits per heavy atom. The van der Waals surface area contributed by atoms with Crippen molar-refractivity contribution in [2.45, 2.75) is 25.7 Å². The molecule has 2 aromatic carbocycles. The Kier molecular flexibility index (Phi) is 6.39. The van der Waals surface area contributed by atoms with Crippen molar-refractivity contribution in [2.75, 3.05) is 5.32 Å². The molecule has 1 aliphatic heterocycles. The lowest BCUT2D eigenvalue weighted by atomic mass is 9.91. The van der Waals surface area contributed by atoms with Crippen molar-refractivity contribution >= 4 is 28.9 Å². The summed E-state index contributed by atoms with van der Waals surface area (Å²) >= 11 is 5.87. The number of rotatable bonds is 5. The van der Waals surface area contributed by atoms with Crippen LogP contribution in [0.3, 0.4) is 0 Å². The summed E-state index contributed by atoms with van der Waals surface area (Å²) in [5.41, 5.74) is 3.75. The molecule has 3 aromatic rings. The number of nitrogens with zero attached hydrogens (tertiary/aromatic N) is 2. The van der Waals surface area contributed by atoms with Crippen molar-refractivity contribution in [3.8, 4) is 0 Å². The molecule has 164 valence electrons. The maximum Gasteiger partial charge on any atom is 0.322 e. The maximum absolute atomic E-state index is 13.5. The van der Waals surface area contributed by atoms with Crippen LogP contribution in [-0.4, -0.2) is 27.1 Å². The Hall–Kier alpha value is -3.42. The number of amides is 2. The number of nitrogens with one attached hydrogen (secondary N) is 2. The van der Waals surface area contributed by atoms with Crippen molar-refractivity contribution in [3.05, 3.63) is 101 Å². The first-order valence-electron chi connectivity index (χ1n) is 10.1. The first kappa shape index (κ1) is 21.8. The number of hydrogen-bond donors (Lipinski definition) is 3. The number of carbonyl (C=O) groups is 1. The predicted molar refractivity (Wildman–Crippen MR) is 122 cm³/mol. The topological polar surface area (TPSA) is 77.5 Å². The molecule has 0 fully saturated rings. The minimum Gasteiger partial charge on any atom is -0.369 e. The van der Waals surface area contributed by atoms with E-state index in [-0.39, 0.29) is 17.1 Å². The van der Waals surface area contributed by atoms with Crippen molar-refractivity contribution in [3.63, 3.8) is 0 Å². The fourth-order valence-corrected chi connectivity index (χ4v) is 3.87. The van der Waals surface area contributed by atoms with Crippen molar-refractivity contribution < 1.29 is 14.3 Å². The summed E-state index contributed by atoms with van der Waals surface area (Å²) in [7, 11) is 0. The molecule has 2 heterocycles. The highest BCUT2D eigenvalue weighted by Crippen LogP contribution is 2.32. The zero-order valence-electron chi connectivity index (χ0n) is 17.3. The van der Waals surface area contributed by atoms with E-state index in [1.54, 1.807) is 23.5 Å². The molecule has 2 unspecified atom stereocenters. The quantitative estimate of drug-likeness (QED) is 0.513. The summed E-state index contributed by atoms with van der Waals surface area (Å²) in [6, 6.07) is 14.5. The fraction of sp³-hybridized carbons (Fsp3) is 0.167. The van der Waals surface area contributed by atoms with Gasteiger partial charge in [-0.15, -0.1) is 0 Å². The van der Waals surface area contributed by atoms with Gasteiger partial charge in [0.1, 0.15) is 5.82 Å². The van der Waals surface area contributed by atoms with Gasteiger partial charge in [-0.1, -0.05) is 35.9 Å². The zero-order valence-corrected chi connectivity index (χ0v) is 18.1. The number of urea groups is 1. The highest BCUT2D eigenvalue weighted by molar-refractivity contribution is 6.31. The molecular formula is C24H22ClFN4O2. The van der Waals surface area contributed by atoms with Crippen LogP contribution >= 0.6 is 11.6 Å². The van der Waals surface area contributed by atoms with Gasteiger partial charge in [-0.25, -0.2) is 9.18 Å². The molecule has 1 aliphatic rings. The van der Waals surface area contributed by atoms with Crippen LogP contribution in [0.2, 0.25) is 5.02 Å². The molecule has 8 heteroatoms. The SMILES string of the molecule is CC(C1=CNC(O)c2ccccc21)N(Cc1ccncc1)C(=O)Nc1ccc(F)c(Cl)c1. The van der Waals surface area contributed by atoms with E-state index in [0.717, 1.165) is 22.3 Å². The summed E-state index contributed by atoms with van der Waals surface area (Å²) in [5.74, 6) is -0.555. The van der Waals surface area contributed by atoms with Gasteiger partial charge in [-0.3, -0.25) is 4.98 Å². The van der Waals surface area contributed by atoms with Crippen LogP contribution in [0, 0.1) is 5.82 Å². The first-order chi connectivity index (χ1) is 15.4. The number of halogens is 2. The van der Waals surface area contributed by atoms with Gasteiger partial charge >= 0.3 is 6.03 Å². The molecule has 0 radical (unpaired) electrons. The van der Waals surface area contributed by atoms with E-state index in [4.69, 9.17) is 11.6 Å². The monoisotopic (exact) mass is 452 g/mol. The molecule has 0 bridgehead atoms. The zero-order chi connectivity index (χ0) is 22.7. The number of aliphatic hydroxyl groups is 1. The third-order valence-electron chi connectivity index (χ3n) is 5.41. The molecule has 3 N–H and O–H groups in total. The van der Waals surface area contributed by atoms with Gasteiger partial charge in [-0.05, 0) is 54.0 Å². The van der Waals surface area contributed by atoms with E-state index < -0.39 is 12.0 Å². The molecule has 2 amide bonds. The Morgan fingerprint density at radius 1 is 1.25 bits per heavy atom. The van der Waals surface area contributed by atoms with E-state index in [2.05, 4.69) is 15.6 Å². The van der Waals surface area contributed by atoms with Crippen molar-refractivity contribution in [1.82, 2.24) is 15.2 Å². The van der Waals surface area contributed by atoms with E-state index in [9.17, 15) is 14.3 Å². The molecule has 4 rings (SSSR count). The van der Waals surface area contributed by atoms with Gasteiger partial charge in [0, 0.05) is 36.4 Å². The Labute approximate surface area is 190 Å². The number of aromatic nitrogens is 1. The van der Waals surface area contributed by atoms with Gasteiger partial charge in [-0.2, -0.15) is 0 Å². The Morgan fingerprint density at radius 2 is 2.00 bits per heavy atom. The van der Waals surface area contributed by atoms with Gasteiger partial charge in [0.2, 0.25) is 0 Å². The summed E-state index contributed by atoms with van der Waals surface area (Å²) < 4.78 is 13.5. The predicted octanol–water partition coefficient (Wildman–Crippen LogP) is 4.93. The van der Waals surface area contributed by atoms with Crippen molar-refractivity contribution in [1.29, 1.82) is 0 Å². The number of anilines is 1. The Bertz CT molecular complexity index is 1160. The molecule has 0 aliphatic carbocycles. The highest BCUT2D eigenvalue weighted by atomic mass is 35.5.